The van der Waals surface area contributed by atoms with Crippen LogP contribution in [0.2, 0.25) is 0 Å². The molecule has 2 aromatic rings. The summed E-state index contributed by atoms with van der Waals surface area (Å²) in [6.07, 6.45) is 1.57. The first-order valence-corrected chi connectivity index (χ1v) is 5.01. The molecule has 0 radical (unpaired) electrons. The van der Waals surface area contributed by atoms with Crippen LogP contribution in [-0.4, -0.2) is 0 Å². The van der Waals surface area contributed by atoms with Gasteiger partial charge < -0.3 is 4.42 Å². The molecule has 78 valence electrons. The lowest BCUT2D eigenvalue weighted by molar-refractivity contribution is 0.530. The highest BCUT2D eigenvalue weighted by Gasteiger charge is 2.19. The maximum absolute atomic E-state index is 12.1. The lowest BCUT2D eigenvalue weighted by atomic mass is 9.88. The lowest BCUT2D eigenvalue weighted by Gasteiger charge is -2.17. The summed E-state index contributed by atoms with van der Waals surface area (Å²) in [4.78, 5) is 12.1. The number of benzene rings is 1. The molecule has 1 aromatic carbocycles. The molecule has 2 nitrogen and oxygen atoms in total. The van der Waals surface area contributed by atoms with E-state index in [4.69, 9.17) is 4.42 Å². The molecule has 2 rings (SSSR count). The highest BCUT2D eigenvalue weighted by atomic mass is 16.3. The van der Waals surface area contributed by atoms with Gasteiger partial charge in [0.25, 0.3) is 0 Å². The van der Waals surface area contributed by atoms with Gasteiger partial charge in [-0.15, -0.1) is 0 Å². The molecule has 0 N–H and O–H groups in total. The van der Waals surface area contributed by atoms with Crippen LogP contribution < -0.4 is 5.43 Å². The maximum atomic E-state index is 12.1. The molecule has 0 saturated carbocycles. The monoisotopic (exact) mass is 202 g/mol. The van der Waals surface area contributed by atoms with Gasteiger partial charge in [-0.3, -0.25) is 4.79 Å². The number of hydrogen-bond acceptors (Lipinski definition) is 2. The van der Waals surface area contributed by atoms with Gasteiger partial charge >= 0.3 is 0 Å². The molecule has 0 bridgehead atoms. The molecule has 0 atom stereocenters. The van der Waals surface area contributed by atoms with E-state index in [0.717, 1.165) is 5.56 Å². The van der Waals surface area contributed by atoms with Crippen molar-refractivity contribution in [2.45, 2.75) is 26.2 Å². The summed E-state index contributed by atoms with van der Waals surface area (Å²) in [5.41, 5.74) is 1.27. The molecule has 0 aliphatic rings. The van der Waals surface area contributed by atoms with Crippen LogP contribution in [0.15, 0.2) is 39.7 Å². The fourth-order valence-electron chi connectivity index (χ4n) is 1.60. The zero-order valence-electron chi connectivity index (χ0n) is 9.20. The Morgan fingerprint density at radius 3 is 2.47 bits per heavy atom. The third kappa shape index (κ3) is 1.67. The summed E-state index contributed by atoms with van der Waals surface area (Å²) >= 11 is 0. The number of fused-ring (bicyclic) bond motifs is 1. The molecule has 0 amide bonds. The van der Waals surface area contributed by atoms with Gasteiger partial charge in [0.15, 0.2) is 5.43 Å². The number of hydrogen-bond donors (Lipinski definition) is 0. The third-order valence-corrected chi connectivity index (χ3v) is 2.49. The third-order valence-electron chi connectivity index (χ3n) is 2.49. The second kappa shape index (κ2) is 3.23. The minimum absolute atomic E-state index is 0.0735. The molecule has 0 aliphatic heterocycles. The topological polar surface area (TPSA) is 30.2 Å². The number of para-hydroxylation sites is 1. The first-order chi connectivity index (χ1) is 7.00. The Labute approximate surface area is 88.5 Å². The normalized spacial score (nSPS) is 11.9. The van der Waals surface area contributed by atoms with E-state index in [9.17, 15) is 4.79 Å². The fourth-order valence-corrected chi connectivity index (χ4v) is 1.60. The SMILES string of the molecule is CC(C)(C)c1coc2ccccc2c1=O. The summed E-state index contributed by atoms with van der Waals surface area (Å²) in [5, 5.41) is 0.657. The van der Waals surface area contributed by atoms with Crippen molar-refractivity contribution in [2.75, 3.05) is 0 Å². The zero-order valence-corrected chi connectivity index (χ0v) is 9.20. The first-order valence-electron chi connectivity index (χ1n) is 5.01. The Bertz CT molecular complexity index is 544. The summed E-state index contributed by atoms with van der Waals surface area (Å²) in [5.74, 6) is 0. The summed E-state index contributed by atoms with van der Waals surface area (Å²) in [7, 11) is 0. The van der Waals surface area contributed by atoms with Gasteiger partial charge in [0.1, 0.15) is 5.58 Å². The average Bonchev–Trinajstić information content (AvgIpc) is 2.16. The van der Waals surface area contributed by atoms with Gasteiger partial charge in [0.2, 0.25) is 0 Å². The second-order valence-corrected chi connectivity index (χ2v) is 4.72. The van der Waals surface area contributed by atoms with E-state index in [1.54, 1.807) is 12.3 Å². The molecule has 0 saturated heterocycles. The van der Waals surface area contributed by atoms with Gasteiger partial charge in [-0.05, 0) is 17.5 Å². The summed E-state index contributed by atoms with van der Waals surface area (Å²) in [6, 6.07) is 7.33. The van der Waals surface area contributed by atoms with Crippen molar-refractivity contribution in [1.82, 2.24) is 0 Å². The molecular formula is C13H14O2. The largest absolute Gasteiger partial charge is 0.464 e. The predicted molar refractivity (Wildman–Crippen MR) is 61.2 cm³/mol. The van der Waals surface area contributed by atoms with E-state index < -0.39 is 0 Å². The number of rotatable bonds is 0. The van der Waals surface area contributed by atoms with Crippen LogP contribution in [0.25, 0.3) is 11.0 Å². The molecule has 0 aliphatic carbocycles. The molecule has 15 heavy (non-hydrogen) atoms. The maximum Gasteiger partial charge on any atom is 0.196 e. The average molecular weight is 202 g/mol. The van der Waals surface area contributed by atoms with Gasteiger partial charge in [-0.2, -0.15) is 0 Å². The quantitative estimate of drug-likeness (QED) is 0.657. The van der Waals surface area contributed by atoms with Gasteiger partial charge in [0.05, 0.1) is 11.6 Å². The minimum atomic E-state index is -0.176. The van der Waals surface area contributed by atoms with Crippen molar-refractivity contribution < 1.29 is 4.42 Å². The molecule has 0 fully saturated rings. The second-order valence-electron chi connectivity index (χ2n) is 4.72. The highest BCUT2D eigenvalue weighted by Crippen LogP contribution is 2.21. The molecule has 2 heteroatoms. The van der Waals surface area contributed by atoms with Gasteiger partial charge in [0, 0.05) is 5.56 Å². The molecule has 0 unspecified atom stereocenters. The van der Waals surface area contributed by atoms with Crippen molar-refractivity contribution in [3.63, 3.8) is 0 Å². The Hall–Kier alpha value is -1.57. The molecular weight excluding hydrogens is 188 g/mol. The molecule has 1 aromatic heterocycles. The summed E-state index contributed by atoms with van der Waals surface area (Å²) < 4.78 is 5.45. The Balaban J connectivity index is 2.83. The fraction of sp³-hybridized carbons (Fsp3) is 0.308. The summed E-state index contributed by atoms with van der Waals surface area (Å²) in [6.45, 7) is 6.02. The van der Waals surface area contributed by atoms with Gasteiger partial charge in [-0.1, -0.05) is 32.9 Å². The van der Waals surface area contributed by atoms with Crippen LogP contribution in [0, 0.1) is 0 Å². The van der Waals surface area contributed by atoms with E-state index >= 15 is 0 Å². The standard InChI is InChI=1S/C13H14O2/c1-13(2,3)10-8-15-11-7-5-4-6-9(11)12(10)14/h4-8H,1-3H3. The van der Waals surface area contributed by atoms with E-state index in [-0.39, 0.29) is 10.8 Å². The highest BCUT2D eigenvalue weighted by molar-refractivity contribution is 5.76. The van der Waals surface area contributed by atoms with Crippen molar-refractivity contribution in [3.05, 3.63) is 46.3 Å². The Kier molecular flexibility index (Phi) is 2.14. The molecule has 1 heterocycles. The smallest absolute Gasteiger partial charge is 0.196 e. The Morgan fingerprint density at radius 1 is 1.13 bits per heavy atom. The minimum Gasteiger partial charge on any atom is -0.464 e. The van der Waals surface area contributed by atoms with E-state index in [1.807, 2.05) is 39.0 Å². The van der Waals surface area contributed by atoms with E-state index in [2.05, 4.69) is 0 Å². The Morgan fingerprint density at radius 2 is 1.80 bits per heavy atom. The predicted octanol–water partition coefficient (Wildman–Crippen LogP) is 3.09. The van der Waals surface area contributed by atoms with Crippen LogP contribution in [0.4, 0.5) is 0 Å². The van der Waals surface area contributed by atoms with Crippen molar-refractivity contribution in [2.24, 2.45) is 0 Å². The van der Waals surface area contributed by atoms with Crippen LogP contribution in [0.1, 0.15) is 26.3 Å². The van der Waals surface area contributed by atoms with Crippen molar-refractivity contribution >= 4 is 11.0 Å². The van der Waals surface area contributed by atoms with Crippen molar-refractivity contribution in [1.29, 1.82) is 0 Å². The zero-order chi connectivity index (χ0) is 11.1. The van der Waals surface area contributed by atoms with Crippen LogP contribution in [0.5, 0.6) is 0 Å². The van der Waals surface area contributed by atoms with E-state index in [0.29, 0.717) is 11.0 Å². The van der Waals surface area contributed by atoms with E-state index in [1.165, 1.54) is 0 Å². The first kappa shape index (κ1) is 9.97. The van der Waals surface area contributed by atoms with Crippen LogP contribution >= 0.6 is 0 Å². The van der Waals surface area contributed by atoms with Gasteiger partial charge in [-0.25, -0.2) is 0 Å². The molecule has 0 spiro atoms. The van der Waals surface area contributed by atoms with Crippen LogP contribution in [0.3, 0.4) is 0 Å². The van der Waals surface area contributed by atoms with Crippen LogP contribution in [-0.2, 0) is 5.41 Å². The lowest BCUT2D eigenvalue weighted by Crippen LogP contribution is -2.22. The van der Waals surface area contributed by atoms with Crippen molar-refractivity contribution in [3.8, 4) is 0 Å².